The fourth-order valence-corrected chi connectivity index (χ4v) is 6.95. The fourth-order valence-electron chi connectivity index (χ4n) is 5.69. The first kappa shape index (κ1) is 48.3. The molecule has 1 unspecified atom stereocenters. The number of aryl methyl sites for hydroxylation is 2. The first-order chi connectivity index (χ1) is 27.6. The monoisotopic (exact) mass is 872 g/mol. The van der Waals surface area contributed by atoms with E-state index in [0.717, 1.165) is 16.7 Å². The zero-order valence-corrected chi connectivity index (χ0v) is 33.7. The highest BCUT2D eigenvalue weighted by Gasteiger charge is 2.39. The number of aromatic nitrogens is 2. The highest BCUT2D eigenvalue weighted by molar-refractivity contribution is 7.92. The van der Waals surface area contributed by atoms with Gasteiger partial charge in [-0.3, -0.25) is 19.3 Å². The van der Waals surface area contributed by atoms with Gasteiger partial charge in [-0.2, -0.15) is 26.3 Å². The third-order valence-corrected chi connectivity index (χ3v) is 11.2. The summed E-state index contributed by atoms with van der Waals surface area (Å²) in [5.41, 5.74) is 5.24. The van der Waals surface area contributed by atoms with Crippen LogP contribution >= 0.6 is 0 Å². The number of fused-ring (bicyclic) bond motifs is 10. The minimum absolute atomic E-state index is 0.0583. The Morgan fingerprint density at radius 1 is 0.867 bits per heavy atom. The number of H-pyrrole nitrogens is 1. The van der Waals surface area contributed by atoms with Crippen molar-refractivity contribution >= 4 is 55.9 Å². The molecule has 6 rings (SSSR count). The van der Waals surface area contributed by atoms with Crippen LogP contribution < -0.4 is 21.5 Å². The lowest BCUT2D eigenvalue weighted by Gasteiger charge is -2.29. The van der Waals surface area contributed by atoms with Crippen molar-refractivity contribution in [1.82, 2.24) is 20.2 Å². The second kappa shape index (κ2) is 19.4. The molecular formula is C38H42F6N6O9S. The number of alkyl halides is 6. The molecule has 1 atom stereocenters. The number of aliphatic carboxylic acids is 2. The number of halogens is 6. The molecule has 4 bridgehead atoms. The Labute approximate surface area is 339 Å². The molecular weight excluding hydrogens is 831 g/mol. The third kappa shape index (κ3) is 12.7. The first-order valence-corrected chi connectivity index (χ1v) is 19.3. The Morgan fingerprint density at radius 3 is 1.95 bits per heavy atom. The van der Waals surface area contributed by atoms with Crippen molar-refractivity contribution in [3.63, 3.8) is 0 Å². The molecule has 0 saturated carbocycles. The van der Waals surface area contributed by atoms with E-state index in [0.29, 0.717) is 39.9 Å². The number of sulfone groups is 1. The zero-order valence-electron chi connectivity index (χ0n) is 32.9. The van der Waals surface area contributed by atoms with Crippen LogP contribution in [0, 0.1) is 13.8 Å². The maximum absolute atomic E-state index is 14.1. The fraction of sp³-hybridized carbons (Fsp3) is 0.368. The molecule has 3 heterocycles. The lowest BCUT2D eigenvalue weighted by atomic mass is 9.94. The second-order valence-electron chi connectivity index (χ2n) is 14.0. The van der Waals surface area contributed by atoms with Crippen LogP contribution in [0.3, 0.4) is 0 Å². The van der Waals surface area contributed by atoms with Gasteiger partial charge in [0, 0.05) is 30.5 Å². The summed E-state index contributed by atoms with van der Waals surface area (Å²) in [4.78, 5) is 66.5. The number of rotatable bonds is 5. The quantitative estimate of drug-likeness (QED) is 0.134. The number of amides is 2. The Balaban J connectivity index is 0.000000589. The topological polar surface area (TPSA) is 228 Å². The highest BCUT2D eigenvalue weighted by atomic mass is 32.2. The summed E-state index contributed by atoms with van der Waals surface area (Å²) in [6, 6.07) is 12.9. The van der Waals surface area contributed by atoms with Crippen molar-refractivity contribution in [2.75, 3.05) is 17.2 Å². The van der Waals surface area contributed by atoms with Gasteiger partial charge in [0.25, 0.3) is 5.56 Å². The lowest BCUT2D eigenvalue weighted by Crippen LogP contribution is -2.38. The summed E-state index contributed by atoms with van der Waals surface area (Å²) in [7, 11) is -3.71. The van der Waals surface area contributed by atoms with Gasteiger partial charge < -0.3 is 31.1 Å². The van der Waals surface area contributed by atoms with Gasteiger partial charge in [0.1, 0.15) is 6.04 Å². The second-order valence-corrected chi connectivity index (χ2v) is 16.4. The van der Waals surface area contributed by atoms with Gasteiger partial charge in [-0.25, -0.2) is 23.0 Å². The predicted molar refractivity (Wildman–Crippen MR) is 207 cm³/mol. The molecule has 2 aliphatic heterocycles. The van der Waals surface area contributed by atoms with Crippen LogP contribution in [0.1, 0.15) is 61.6 Å². The number of nitrogens with zero attached hydrogens (tertiary/aromatic N) is 2. The van der Waals surface area contributed by atoms with E-state index >= 15 is 0 Å². The average Bonchev–Trinajstić information content (AvgIpc) is 3.13. The molecule has 0 fully saturated rings. The maximum atomic E-state index is 14.1. The molecule has 2 aliphatic rings. The van der Waals surface area contributed by atoms with Gasteiger partial charge in [-0.1, -0.05) is 12.1 Å². The van der Waals surface area contributed by atoms with E-state index in [9.17, 15) is 49.1 Å². The largest absolute Gasteiger partial charge is 0.490 e. The van der Waals surface area contributed by atoms with Crippen LogP contribution in [-0.4, -0.2) is 87.4 Å². The zero-order chi connectivity index (χ0) is 45.5. The molecule has 326 valence electrons. The van der Waals surface area contributed by atoms with E-state index in [1.54, 1.807) is 44.2 Å². The van der Waals surface area contributed by atoms with Gasteiger partial charge >= 0.3 is 24.3 Å². The van der Waals surface area contributed by atoms with Crippen LogP contribution in [0.15, 0.2) is 64.5 Å². The van der Waals surface area contributed by atoms with Crippen LogP contribution in [0.25, 0.3) is 10.9 Å². The molecule has 22 heteroatoms. The molecule has 0 aliphatic carbocycles. The van der Waals surface area contributed by atoms with E-state index < -0.39 is 51.3 Å². The molecule has 0 radical (unpaired) electrons. The summed E-state index contributed by atoms with van der Waals surface area (Å²) < 4.78 is 90.1. The molecule has 3 aromatic carbocycles. The number of benzene rings is 3. The molecule has 6 N–H and O–H groups in total. The third-order valence-electron chi connectivity index (χ3n) is 8.91. The summed E-state index contributed by atoms with van der Waals surface area (Å²) in [6.07, 6.45) is -8.82. The van der Waals surface area contributed by atoms with Crippen molar-refractivity contribution in [1.29, 1.82) is 0 Å². The number of aromatic amines is 1. The molecule has 4 aromatic rings. The van der Waals surface area contributed by atoms with Crippen molar-refractivity contribution in [3.05, 3.63) is 93.0 Å². The van der Waals surface area contributed by atoms with E-state index in [2.05, 4.69) is 30.8 Å². The number of hydrogen-bond donors (Lipinski definition) is 6. The van der Waals surface area contributed by atoms with E-state index in [-0.39, 0.29) is 35.5 Å². The molecule has 1 aromatic heterocycles. The van der Waals surface area contributed by atoms with Crippen LogP contribution in [-0.2, 0) is 42.1 Å². The first-order valence-electron chi connectivity index (χ1n) is 17.8. The van der Waals surface area contributed by atoms with Crippen molar-refractivity contribution in [3.8, 4) is 0 Å². The van der Waals surface area contributed by atoms with Crippen LogP contribution in [0.5, 0.6) is 0 Å². The van der Waals surface area contributed by atoms with Gasteiger partial charge in [0.2, 0.25) is 11.8 Å². The summed E-state index contributed by atoms with van der Waals surface area (Å²) >= 11 is 0. The normalized spacial score (nSPS) is 15.3. The van der Waals surface area contributed by atoms with E-state index in [1.165, 1.54) is 12.4 Å². The number of carboxylic acid groups (broad SMARTS) is 2. The van der Waals surface area contributed by atoms with E-state index in [1.807, 2.05) is 39.8 Å². The highest BCUT2D eigenvalue weighted by Crippen LogP contribution is 2.29. The lowest BCUT2D eigenvalue weighted by molar-refractivity contribution is -0.193. The summed E-state index contributed by atoms with van der Waals surface area (Å²) in [6.45, 7) is 11.8. The Morgan fingerprint density at radius 2 is 1.43 bits per heavy atom. The van der Waals surface area contributed by atoms with Crippen LogP contribution in [0.2, 0.25) is 0 Å². The van der Waals surface area contributed by atoms with Crippen molar-refractivity contribution in [2.45, 2.75) is 89.2 Å². The number of carbonyl (C=O) groups is 4. The van der Waals surface area contributed by atoms with Gasteiger partial charge in [-0.15, -0.1) is 0 Å². The van der Waals surface area contributed by atoms with Crippen LogP contribution in [0.4, 0.5) is 37.7 Å². The number of hydrogen-bond acceptors (Lipinski definition) is 10. The standard InChI is InChI=1S/C34H40N6O5S.2C2HF3O2/c1-19(2)40-16-28-21(5)11-23(12-22(28)6)32(39-26-7-9-29-27(14-26)33(42)37-18-36-29)34(43)35-15-24-13-25(38-31(41)17-40)8-10-30(24)46(44,45)20(3)4;2*3-2(4,5)1(6)7/h7-14,18-20,32,39H,15-17H2,1-6H3,(H,35,43)(H,38,41)(H,36,37,42);2*(H,6,7). The van der Waals surface area contributed by atoms with Crippen molar-refractivity contribution in [2.24, 2.45) is 0 Å². The molecule has 0 saturated heterocycles. The maximum Gasteiger partial charge on any atom is 0.490 e. The van der Waals surface area contributed by atoms with Gasteiger partial charge in [0.05, 0.1) is 33.9 Å². The average molecular weight is 873 g/mol. The molecule has 0 spiro atoms. The summed E-state index contributed by atoms with van der Waals surface area (Å²) in [5, 5.41) is 23.1. The number of carboxylic acids is 2. The minimum atomic E-state index is -5.08. The Hall–Kier alpha value is -6.03. The molecule has 2 amide bonds. The SMILES string of the molecule is Cc1cc2cc(C)c1CN(C(C)C)CC(=O)Nc1ccc(S(=O)(=O)C(C)C)c(c1)CNC(=O)C2Nc1ccc2nc[nH]c(=O)c2c1.O=C(O)C(F)(F)F.O=C(O)C(F)(F)F. The van der Waals surface area contributed by atoms with E-state index in [4.69, 9.17) is 19.8 Å². The molecule has 15 nitrogen and oxygen atoms in total. The number of nitrogens with one attached hydrogen (secondary N) is 4. The Bertz CT molecular complexity index is 2370. The molecule has 60 heavy (non-hydrogen) atoms. The summed E-state index contributed by atoms with van der Waals surface area (Å²) in [5.74, 6) is -6.14. The Kier molecular flexibility index (Phi) is 15.6. The minimum Gasteiger partial charge on any atom is -0.475 e. The predicted octanol–water partition coefficient (Wildman–Crippen LogP) is 5.62. The van der Waals surface area contributed by atoms with Crippen molar-refractivity contribution < 1.29 is 64.2 Å². The number of carbonyl (C=O) groups excluding carboxylic acids is 2. The smallest absolute Gasteiger partial charge is 0.475 e. The number of anilines is 2. The van der Waals surface area contributed by atoms with Gasteiger partial charge in [-0.05, 0) is 106 Å². The van der Waals surface area contributed by atoms with Gasteiger partial charge in [0.15, 0.2) is 9.84 Å².